The molecular weight excluding hydrogens is 276 g/mol. The number of para-hydroxylation sites is 1. The van der Waals surface area contributed by atoms with E-state index in [-0.39, 0.29) is 5.91 Å². The number of carbonyl (C=O) groups excluding carboxylic acids is 1. The number of hydrogen-bond donors (Lipinski definition) is 1. The number of piperidine rings is 1. The molecule has 3 rings (SSSR count). The second kappa shape index (κ2) is 6.32. The molecule has 5 heteroatoms. The molecule has 0 bridgehead atoms. The summed E-state index contributed by atoms with van der Waals surface area (Å²) in [5, 5.41) is 7.62. The van der Waals surface area contributed by atoms with Crippen molar-refractivity contribution in [1.82, 2.24) is 20.0 Å². The van der Waals surface area contributed by atoms with Crippen LogP contribution in [0.2, 0.25) is 0 Å². The molecule has 1 atom stereocenters. The number of carbonyl (C=O) groups is 1. The van der Waals surface area contributed by atoms with Crippen LogP contribution in [0.15, 0.2) is 36.7 Å². The Kier molecular flexibility index (Phi) is 4.24. The number of likely N-dealkylation sites (tertiary alicyclic amines) is 1. The van der Waals surface area contributed by atoms with Crippen molar-refractivity contribution in [3.63, 3.8) is 0 Å². The minimum atomic E-state index is 0.0692. The molecule has 1 aromatic heterocycles. The molecule has 0 radical (unpaired) electrons. The van der Waals surface area contributed by atoms with Crippen LogP contribution in [0, 0.1) is 6.92 Å². The second-order valence-electron chi connectivity index (χ2n) is 5.84. The molecule has 22 heavy (non-hydrogen) atoms. The van der Waals surface area contributed by atoms with Crippen molar-refractivity contribution in [2.75, 3.05) is 20.1 Å². The lowest BCUT2D eigenvalue weighted by Gasteiger charge is -2.32. The molecule has 1 unspecified atom stereocenters. The normalized spacial score (nSPS) is 18.5. The van der Waals surface area contributed by atoms with Gasteiger partial charge in [0.25, 0.3) is 5.91 Å². The van der Waals surface area contributed by atoms with Crippen LogP contribution in [0.25, 0.3) is 5.69 Å². The molecule has 0 aliphatic carbocycles. The Bertz CT molecular complexity index is 664. The van der Waals surface area contributed by atoms with Crippen LogP contribution in [0.1, 0.15) is 28.8 Å². The highest BCUT2D eigenvalue weighted by Crippen LogP contribution is 2.16. The van der Waals surface area contributed by atoms with Gasteiger partial charge in [0.1, 0.15) is 0 Å². The third-order valence-corrected chi connectivity index (χ3v) is 4.31. The van der Waals surface area contributed by atoms with Crippen LogP contribution >= 0.6 is 0 Å². The molecule has 2 aromatic rings. The Labute approximate surface area is 130 Å². The van der Waals surface area contributed by atoms with Gasteiger partial charge in [0.15, 0.2) is 0 Å². The maximum atomic E-state index is 12.6. The molecule has 0 spiro atoms. The molecule has 5 nitrogen and oxygen atoms in total. The lowest BCUT2D eigenvalue weighted by atomic mass is 10.1. The largest absolute Gasteiger partial charge is 0.337 e. The van der Waals surface area contributed by atoms with Gasteiger partial charge in [-0.1, -0.05) is 18.2 Å². The Hall–Kier alpha value is -2.14. The van der Waals surface area contributed by atoms with E-state index in [1.165, 1.54) is 0 Å². The summed E-state index contributed by atoms with van der Waals surface area (Å²) in [5.74, 6) is 0.0692. The highest BCUT2D eigenvalue weighted by molar-refractivity contribution is 5.94. The van der Waals surface area contributed by atoms with Gasteiger partial charge in [-0.05, 0) is 38.4 Å². The quantitative estimate of drug-likeness (QED) is 0.943. The van der Waals surface area contributed by atoms with Gasteiger partial charge in [0.05, 0.1) is 17.4 Å². The van der Waals surface area contributed by atoms with Gasteiger partial charge < -0.3 is 10.2 Å². The van der Waals surface area contributed by atoms with E-state index in [2.05, 4.69) is 10.4 Å². The summed E-state index contributed by atoms with van der Waals surface area (Å²) < 4.78 is 1.78. The van der Waals surface area contributed by atoms with E-state index in [1.54, 1.807) is 10.9 Å². The van der Waals surface area contributed by atoms with Gasteiger partial charge in [0, 0.05) is 25.3 Å². The first-order valence-corrected chi connectivity index (χ1v) is 7.76. The fourth-order valence-corrected chi connectivity index (χ4v) is 2.97. The molecule has 116 valence electrons. The molecule has 2 heterocycles. The van der Waals surface area contributed by atoms with E-state index in [0.717, 1.165) is 37.2 Å². The molecule has 1 aromatic carbocycles. The Morgan fingerprint density at radius 2 is 2.18 bits per heavy atom. The third kappa shape index (κ3) is 2.90. The van der Waals surface area contributed by atoms with E-state index in [0.29, 0.717) is 11.6 Å². The molecule has 1 amide bonds. The standard InChI is InChI=1S/C17H22N4O/c1-13-6-3-4-8-16(13)21-11-14(10-19-21)17(22)20-9-5-7-15(12-20)18-2/h3-4,6,8,10-11,15,18H,5,7,9,12H2,1-2H3. The van der Waals surface area contributed by atoms with Gasteiger partial charge in [-0.25, -0.2) is 4.68 Å². The van der Waals surface area contributed by atoms with Gasteiger partial charge in [0.2, 0.25) is 0 Å². The number of aryl methyl sites for hydroxylation is 1. The minimum Gasteiger partial charge on any atom is -0.337 e. The summed E-state index contributed by atoms with van der Waals surface area (Å²) in [7, 11) is 1.95. The molecule has 1 fully saturated rings. The van der Waals surface area contributed by atoms with Crippen molar-refractivity contribution in [3.05, 3.63) is 47.8 Å². The summed E-state index contributed by atoms with van der Waals surface area (Å²) in [6.07, 6.45) is 5.66. The van der Waals surface area contributed by atoms with Crippen molar-refractivity contribution >= 4 is 5.91 Å². The molecule has 0 saturated carbocycles. The van der Waals surface area contributed by atoms with Crippen molar-refractivity contribution in [2.45, 2.75) is 25.8 Å². The Morgan fingerprint density at radius 1 is 1.36 bits per heavy atom. The first kappa shape index (κ1) is 14.8. The van der Waals surface area contributed by atoms with Crippen LogP contribution in [-0.4, -0.2) is 46.8 Å². The van der Waals surface area contributed by atoms with Crippen LogP contribution < -0.4 is 5.32 Å². The first-order chi connectivity index (χ1) is 10.7. The van der Waals surface area contributed by atoms with Gasteiger partial charge in [-0.15, -0.1) is 0 Å². The zero-order valence-corrected chi connectivity index (χ0v) is 13.1. The van der Waals surface area contributed by atoms with Gasteiger partial charge >= 0.3 is 0 Å². The molecule has 1 aliphatic heterocycles. The number of hydrogen-bond acceptors (Lipinski definition) is 3. The summed E-state index contributed by atoms with van der Waals surface area (Å²) in [5.41, 5.74) is 2.80. The van der Waals surface area contributed by atoms with E-state index in [4.69, 9.17) is 0 Å². The monoisotopic (exact) mass is 298 g/mol. The summed E-state index contributed by atoms with van der Waals surface area (Å²) >= 11 is 0. The minimum absolute atomic E-state index is 0.0692. The van der Waals surface area contributed by atoms with Gasteiger partial charge in [-0.3, -0.25) is 4.79 Å². The molecular formula is C17H22N4O. The van der Waals surface area contributed by atoms with E-state index in [1.807, 2.05) is 49.3 Å². The second-order valence-corrected chi connectivity index (χ2v) is 5.84. The number of nitrogens with zero attached hydrogens (tertiary/aromatic N) is 3. The van der Waals surface area contributed by atoms with Crippen LogP contribution in [0.5, 0.6) is 0 Å². The van der Waals surface area contributed by atoms with Crippen molar-refractivity contribution < 1.29 is 4.79 Å². The van der Waals surface area contributed by atoms with E-state index in [9.17, 15) is 4.79 Å². The molecule has 1 saturated heterocycles. The summed E-state index contributed by atoms with van der Waals surface area (Å²) in [6, 6.07) is 8.42. The SMILES string of the molecule is CNC1CCCN(C(=O)c2cnn(-c3ccccc3C)c2)C1. The number of nitrogens with one attached hydrogen (secondary N) is 1. The number of likely N-dealkylation sites (N-methyl/N-ethyl adjacent to an activating group) is 1. The lowest BCUT2D eigenvalue weighted by molar-refractivity contribution is 0.0698. The Morgan fingerprint density at radius 3 is 2.95 bits per heavy atom. The van der Waals surface area contributed by atoms with Crippen LogP contribution in [0.3, 0.4) is 0 Å². The first-order valence-electron chi connectivity index (χ1n) is 7.76. The van der Waals surface area contributed by atoms with Crippen LogP contribution in [-0.2, 0) is 0 Å². The number of benzene rings is 1. The lowest BCUT2D eigenvalue weighted by Crippen LogP contribution is -2.46. The smallest absolute Gasteiger partial charge is 0.257 e. The molecule has 1 N–H and O–H groups in total. The van der Waals surface area contributed by atoms with Gasteiger partial charge in [-0.2, -0.15) is 5.10 Å². The fourth-order valence-electron chi connectivity index (χ4n) is 2.97. The van der Waals surface area contributed by atoms with Crippen LogP contribution in [0.4, 0.5) is 0 Å². The predicted octanol–water partition coefficient (Wildman–Crippen LogP) is 2.00. The number of amides is 1. The average Bonchev–Trinajstić information content (AvgIpc) is 3.04. The highest BCUT2D eigenvalue weighted by atomic mass is 16.2. The maximum absolute atomic E-state index is 12.6. The number of aromatic nitrogens is 2. The summed E-state index contributed by atoms with van der Waals surface area (Å²) in [6.45, 7) is 3.64. The third-order valence-electron chi connectivity index (χ3n) is 4.31. The van der Waals surface area contributed by atoms with Crippen molar-refractivity contribution in [3.8, 4) is 5.69 Å². The Balaban J connectivity index is 1.79. The van der Waals surface area contributed by atoms with Crippen molar-refractivity contribution in [1.29, 1.82) is 0 Å². The maximum Gasteiger partial charge on any atom is 0.257 e. The predicted molar refractivity (Wildman–Crippen MR) is 86.3 cm³/mol. The topological polar surface area (TPSA) is 50.2 Å². The highest BCUT2D eigenvalue weighted by Gasteiger charge is 2.24. The van der Waals surface area contributed by atoms with E-state index < -0.39 is 0 Å². The van der Waals surface area contributed by atoms with E-state index >= 15 is 0 Å². The summed E-state index contributed by atoms with van der Waals surface area (Å²) in [4.78, 5) is 14.6. The van der Waals surface area contributed by atoms with Crippen molar-refractivity contribution in [2.24, 2.45) is 0 Å². The zero-order valence-electron chi connectivity index (χ0n) is 13.1. The number of rotatable bonds is 3. The zero-order chi connectivity index (χ0) is 15.5. The fraction of sp³-hybridized carbons (Fsp3) is 0.412. The average molecular weight is 298 g/mol. The molecule has 1 aliphatic rings.